The number of nitrogens with zero attached hydrogens (tertiary/aromatic N) is 3. The van der Waals surface area contributed by atoms with Gasteiger partial charge in [-0.05, 0) is 56.5 Å². The number of pyridine rings is 1. The van der Waals surface area contributed by atoms with Crippen LogP contribution in [0.15, 0.2) is 30.3 Å². The lowest BCUT2D eigenvalue weighted by molar-refractivity contribution is 0.0933. The minimum atomic E-state index is -3.12. The van der Waals surface area contributed by atoms with Crippen molar-refractivity contribution in [1.82, 2.24) is 20.1 Å². The van der Waals surface area contributed by atoms with Gasteiger partial charge in [-0.15, -0.1) is 0 Å². The number of hydrogen-bond donors (Lipinski definition) is 1. The SMILES string of the molecule is COc1ccc(-c2cc(C(=O)NC3CCCCCCCCCCC3)c3c(C)nn(C4CCS(=O)(=O)C4)c3n2)cc1. The largest absolute Gasteiger partial charge is 0.497 e. The van der Waals surface area contributed by atoms with Gasteiger partial charge in [-0.2, -0.15) is 5.10 Å². The van der Waals surface area contributed by atoms with E-state index >= 15 is 0 Å². The topological polar surface area (TPSA) is 103 Å². The number of fused-ring (bicyclic) bond motifs is 1. The van der Waals surface area contributed by atoms with E-state index in [0.29, 0.717) is 34.4 Å². The molecule has 1 saturated heterocycles. The number of carbonyl (C=O) groups is 1. The highest BCUT2D eigenvalue weighted by atomic mass is 32.2. The molecule has 40 heavy (non-hydrogen) atoms. The van der Waals surface area contributed by atoms with E-state index in [9.17, 15) is 13.2 Å². The van der Waals surface area contributed by atoms with Gasteiger partial charge in [0, 0.05) is 11.6 Å². The summed E-state index contributed by atoms with van der Waals surface area (Å²) in [6.07, 6.45) is 13.7. The molecule has 0 bridgehead atoms. The van der Waals surface area contributed by atoms with E-state index in [1.807, 2.05) is 37.3 Å². The summed E-state index contributed by atoms with van der Waals surface area (Å²) in [4.78, 5) is 18.9. The second-order valence-corrected chi connectivity index (χ2v) is 13.7. The third-order valence-electron chi connectivity index (χ3n) is 8.46. The summed E-state index contributed by atoms with van der Waals surface area (Å²) in [5.41, 5.74) is 3.31. The zero-order valence-corrected chi connectivity index (χ0v) is 24.6. The number of carbonyl (C=O) groups excluding carboxylic acids is 1. The van der Waals surface area contributed by atoms with Crippen molar-refractivity contribution in [2.45, 2.75) is 96.1 Å². The Morgan fingerprint density at radius 2 is 1.57 bits per heavy atom. The number of hydrogen-bond acceptors (Lipinski definition) is 6. The number of nitrogens with one attached hydrogen (secondary N) is 1. The molecular formula is C31H42N4O4S. The molecule has 9 heteroatoms. The highest BCUT2D eigenvalue weighted by molar-refractivity contribution is 7.91. The molecule has 0 radical (unpaired) electrons. The lowest BCUT2D eigenvalue weighted by atomic mass is 9.97. The predicted molar refractivity (Wildman–Crippen MR) is 159 cm³/mol. The van der Waals surface area contributed by atoms with E-state index in [1.165, 1.54) is 44.9 Å². The monoisotopic (exact) mass is 566 g/mol. The van der Waals surface area contributed by atoms with E-state index in [2.05, 4.69) is 5.32 Å². The standard InChI is InChI=1S/C31H42N4O4S/c1-22-29-27(31(36)32-24-12-10-8-6-4-3-5-7-9-11-13-24)20-28(23-14-16-26(39-2)17-15-23)33-30(29)35(34-22)25-18-19-40(37,38)21-25/h14-17,20,24-25H,3-13,18-19,21H2,1-2H3,(H,32,36). The van der Waals surface area contributed by atoms with Gasteiger partial charge < -0.3 is 10.1 Å². The molecule has 1 aliphatic carbocycles. The lowest BCUT2D eigenvalue weighted by Crippen LogP contribution is -2.35. The Labute approximate surface area is 237 Å². The van der Waals surface area contributed by atoms with Crippen LogP contribution < -0.4 is 10.1 Å². The van der Waals surface area contributed by atoms with E-state index in [1.54, 1.807) is 11.8 Å². The van der Waals surface area contributed by atoms with Crippen LogP contribution in [0.1, 0.15) is 99.1 Å². The zero-order valence-electron chi connectivity index (χ0n) is 23.8. The molecule has 1 saturated carbocycles. The Hall–Kier alpha value is -2.94. The lowest BCUT2D eigenvalue weighted by Gasteiger charge is -2.20. The first-order valence-corrected chi connectivity index (χ1v) is 16.7. The van der Waals surface area contributed by atoms with Crippen LogP contribution in [0.5, 0.6) is 5.75 Å². The molecule has 1 aromatic carbocycles. The fourth-order valence-corrected chi connectivity index (χ4v) is 7.89. The third-order valence-corrected chi connectivity index (χ3v) is 10.2. The summed E-state index contributed by atoms with van der Waals surface area (Å²) in [5.74, 6) is 0.815. The van der Waals surface area contributed by atoms with Crippen LogP contribution >= 0.6 is 0 Å². The van der Waals surface area contributed by atoms with Gasteiger partial charge in [0.2, 0.25) is 0 Å². The summed E-state index contributed by atoms with van der Waals surface area (Å²) in [7, 11) is -1.49. The Bertz CT molecular complexity index is 1420. The van der Waals surface area contributed by atoms with Crippen molar-refractivity contribution in [2.75, 3.05) is 18.6 Å². The van der Waals surface area contributed by atoms with Crippen LogP contribution in [0.2, 0.25) is 0 Å². The van der Waals surface area contributed by atoms with Crippen LogP contribution in [-0.4, -0.2) is 53.7 Å². The molecular weight excluding hydrogens is 524 g/mol. The van der Waals surface area contributed by atoms with Gasteiger partial charge >= 0.3 is 0 Å². The number of rotatable bonds is 5. The molecule has 1 unspecified atom stereocenters. The van der Waals surface area contributed by atoms with Crippen molar-refractivity contribution >= 4 is 26.8 Å². The third kappa shape index (κ3) is 6.67. The van der Waals surface area contributed by atoms with Gasteiger partial charge in [0.15, 0.2) is 15.5 Å². The number of methoxy groups -OCH3 is 1. The van der Waals surface area contributed by atoms with Crippen LogP contribution in [0.3, 0.4) is 0 Å². The van der Waals surface area contributed by atoms with Crippen LogP contribution in [0.25, 0.3) is 22.3 Å². The van der Waals surface area contributed by atoms with Gasteiger partial charge in [-0.1, -0.05) is 57.8 Å². The number of aryl methyl sites for hydroxylation is 1. The second kappa shape index (κ2) is 12.7. The van der Waals surface area contributed by atoms with E-state index in [-0.39, 0.29) is 29.5 Å². The summed E-state index contributed by atoms with van der Waals surface area (Å²) < 4.78 is 31.7. The van der Waals surface area contributed by atoms with Crippen molar-refractivity contribution in [3.05, 3.63) is 41.6 Å². The maximum atomic E-state index is 14.0. The number of sulfone groups is 1. The van der Waals surface area contributed by atoms with E-state index in [4.69, 9.17) is 14.8 Å². The van der Waals surface area contributed by atoms with Gasteiger partial charge in [0.05, 0.1) is 47.0 Å². The zero-order chi connectivity index (χ0) is 28.1. The Balaban J connectivity index is 1.51. The number of benzene rings is 1. The smallest absolute Gasteiger partial charge is 0.252 e. The molecule has 0 spiro atoms. The molecule has 2 fully saturated rings. The number of ether oxygens (including phenoxy) is 1. The molecule has 5 rings (SSSR count). The predicted octanol–water partition coefficient (Wildman–Crippen LogP) is 6.18. The molecule has 1 N–H and O–H groups in total. The molecule has 1 amide bonds. The first kappa shape index (κ1) is 28.6. The highest BCUT2D eigenvalue weighted by Gasteiger charge is 2.32. The molecule has 1 aliphatic heterocycles. The van der Waals surface area contributed by atoms with Crippen LogP contribution in [0, 0.1) is 6.92 Å². The van der Waals surface area contributed by atoms with Crippen molar-refractivity contribution in [1.29, 1.82) is 0 Å². The van der Waals surface area contributed by atoms with Gasteiger partial charge in [0.1, 0.15) is 5.75 Å². The van der Waals surface area contributed by atoms with Gasteiger partial charge in [0.25, 0.3) is 5.91 Å². The van der Waals surface area contributed by atoms with Crippen molar-refractivity contribution < 1.29 is 17.9 Å². The molecule has 2 aromatic heterocycles. The molecule has 3 aromatic rings. The minimum Gasteiger partial charge on any atom is -0.497 e. The van der Waals surface area contributed by atoms with Crippen molar-refractivity contribution in [2.24, 2.45) is 0 Å². The average Bonchev–Trinajstić information content (AvgIpc) is 3.48. The fourth-order valence-electron chi connectivity index (χ4n) is 6.20. The number of aromatic nitrogens is 3. The minimum absolute atomic E-state index is 0.0429. The first-order valence-electron chi connectivity index (χ1n) is 14.9. The second-order valence-electron chi connectivity index (χ2n) is 11.5. The normalized spacial score (nSPS) is 21.0. The number of amides is 1. The van der Waals surface area contributed by atoms with Crippen LogP contribution in [0.4, 0.5) is 0 Å². The molecule has 1 atom stereocenters. The fraction of sp³-hybridized carbons (Fsp3) is 0.581. The molecule has 216 valence electrons. The summed E-state index contributed by atoms with van der Waals surface area (Å²) in [6, 6.07) is 9.30. The Kier molecular flexibility index (Phi) is 9.08. The maximum absolute atomic E-state index is 14.0. The molecule has 2 aliphatic rings. The highest BCUT2D eigenvalue weighted by Crippen LogP contribution is 2.33. The average molecular weight is 567 g/mol. The van der Waals surface area contributed by atoms with Crippen LogP contribution in [-0.2, 0) is 9.84 Å². The summed E-state index contributed by atoms with van der Waals surface area (Å²) in [5, 5.41) is 8.83. The Morgan fingerprint density at radius 3 is 2.15 bits per heavy atom. The Morgan fingerprint density at radius 1 is 0.950 bits per heavy atom. The van der Waals surface area contributed by atoms with E-state index in [0.717, 1.165) is 37.0 Å². The first-order chi connectivity index (χ1) is 19.3. The van der Waals surface area contributed by atoms with Gasteiger partial charge in [-0.3, -0.25) is 4.79 Å². The molecule has 3 heterocycles. The summed E-state index contributed by atoms with van der Waals surface area (Å²) >= 11 is 0. The van der Waals surface area contributed by atoms with E-state index < -0.39 is 9.84 Å². The maximum Gasteiger partial charge on any atom is 0.252 e. The van der Waals surface area contributed by atoms with Crippen molar-refractivity contribution in [3.63, 3.8) is 0 Å². The quantitative estimate of drug-likeness (QED) is 0.396. The van der Waals surface area contributed by atoms with Gasteiger partial charge in [-0.25, -0.2) is 18.1 Å². The van der Waals surface area contributed by atoms with Crippen molar-refractivity contribution in [3.8, 4) is 17.0 Å². The summed E-state index contributed by atoms with van der Waals surface area (Å²) in [6.45, 7) is 1.88. The molecule has 8 nitrogen and oxygen atoms in total.